The third-order valence-electron chi connectivity index (χ3n) is 5.38. The van der Waals surface area contributed by atoms with Crippen molar-refractivity contribution in [2.75, 3.05) is 6.54 Å². The number of imide groups is 1. The number of quaternary nitrogens is 1. The van der Waals surface area contributed by atoms with E-state index in [4.69, 9.17) is 0 Å². The Morgan fingerprint density at radius 3 is 2.61 bits per heavy atom. The number of thioether (sulfide) groups is 1. The zero-order chi connectivity index (χ0) is 20.5. The van der Waals surface area contributed by atoms with Crippen molar-refractivity contribution in [1.29, 1.82) is 0 Å². The van der Waals surface area contributed by atoms with Gasteiger partial charge in [0.2, 0.25) is 0 Å². The Morgan fingerprint density at radius 2 is 2.00 bits per heavy atom. The minimum atomic E-state index is -1.19. The van der Waals surface area contributed by atoms with E-state index in [0.29, 0.717) is 18.4 Å². The van der Waals surface area contributed by atoms with Crippen molar-refractivity contribution in [3.05, 3.63) is 35.2 Å². The number of rotatable bonds is 5. The van der Waals surface area contributed by atoms with E-state index in [1.165, 1.54) is 18.3 Å². The van der Waals surface area contributed by atoms with Crippen LogP contribution in [0, 0.1) is 0 Å². The molecule has 3 atom stereocenters. The monoisotopic (exact) mass is 420 g/mol. The Balaban J connectivity index is 1.92. The van der Waals surface area contributed by atoms with Crippen molar-refractivity contribution >= 4 is 56.1 Å². The fraction of sp³-hybridized carbons (Fsp3) is 0.400. The van der Waals surface area contributed by atoms with Crippen LogP contribution in [0.3, 0.4) is 0 Å². The quantitative estimate of drug-likeness (QED) is 0.572. The van der Waals surface area contributed by atoms with Crippen LogP contribution < -0.4 is 0 Å². The smallest absolute Gasteiger partial charge is 0.435 e. The number of benzene rings is 1. The van der Waals surface area contributed by atoms with Gasteiger partial charge < -0.3 is 5.11 Å². The minimum Gasteiger partial charge on any atom is -0.435 e. The summed E-state index contributed by atoms with van der Waals surface area (Å²) in [4.78, 5) is 50.0. The summed E-state index contributed by atoms with van der Waals surface area (Å²) in [6.07, 6.45) is -0.169. The maximum absolute atomic E-state index is 13.2. The number of amides is 2. The van der Waals surface area contributed by atoms with Gasteiger partial charge >= 0.3 is 12.0 Å². The Hall–Kier alpha value is -2.03. The molecule has 1 aromatic heterocycles. The normalized spacial score (nSPS) is 22.9. The van der Waals surface area contributed by atoms with Gasteiger partial charge in [0.1, 0.15) is 6.04 Å². The van der Waals surface area contributed by atoms with Crippen LogP contribution in [-0.2, 0) is 9.59 Å². The van der Waals surface area contributed by atoms with Gasteiger partial charge in [-0.3, -0.25) is 9.59 Å². The fourth-order valence-electron chi connectivity index (χ4n) is 3.89. The molecular formula is C20H22NO5S2+. The lowest BCUT2D eigenvalue weighted by atomic mass is 10.0. The third kappa shape index (κ3) is 3.64. The number of carbonyl (C=O) groups is 4. The molecule has 6 nitrogen and oxygen atoms in total. The van der Waals surface area contributed by atoms with E-state index in [-0.39, 0.29) is 29.9 Å². The van der Waals surface area contributed by atoms with Gasteiger partial charge in [-0.05, 0) is 13.0 Å². The highest BCUT2D eigenvalue weighted by Crippen LogP contribution is 2.33. The molecule has 0 spiro atoms. The van der Waals surface area contributed by atoms with Crippen molar-refractivity contribution in [3.63, 3.8) is 0 Å². The molecule has 1 aliphatic rings. The molecule has 2 aromatic rings. The molecule has 1 fully saturated rings. The SMILES string of the molecule is CC(=O)SC(CC(=O)[N+]1(C(=O)O)CCC[C@H]1C)C(=O)c1csc2ccccc12. The fourth-order valence-corrected chi connectivity index (χ4v) is 5.70. The lowest BCUT2D eigenvalue weighted by molar-refractivity contribution is -0.792. The summed E-state index contributed by atoms with van der Waals surface area (Å²) < 4.78 is 0.290. The molecular weight excluding hydrogens is 398 g/mol. The molecule has 0 radical (unpaired) electrons. The van der Waals surface area contributed by atoms with Gasteiger partial charge in [-0.25, -0.2) is 4.79 Å². The maximum Gasteiger partial charge on any atom is 0.521 e. The molecule has 28 heavy (non-hydrogen) atoms. The van der Waals surface area contributed by atoms with E-state index in [2.05, 4.69) is 0 Å². The Bertz CT molecular complexity index is 953. The van der Waals surface area contributed by atoms with Gasteiger partial charge in [-0.1, -0.05) is 30.0 Å². The maximum atomic E-state index is 13.2. The topological polar surface area (TPSA) is 88.5 Å². The average molecular weight is 421 g/mol. The molecule has 1 aliphatic heterocycles. The number of fused-ring (bicyclic) bond motifs is 1. The van der Waals surface area contributed by atoms with Crippen LogP contribution in [0.15, 0.2) is 29.6 Å². The number of ketones is 1. The summed E-state index contributed by atoms with van der Waals surface area (Å²) >= 11 is 2.23. The average Bonchev–Trinajstić information content (AvgIpc) is 3.24. The molecule has 0 saturated carbocycles. The molecule has 2 unspecified atom stereocenters. The van der Waals surface area contributed by atoms with Crippen LogP contribution in [0.5, 0.6) is 0 Å². The predicted molar refractivity (Wildman–Crippen MR) is 110 cm³/mol. The highest BCUT2D eigenvalue weighted by atomic mass is 32.2. The van der Waals surface area contributed by atoms with Crippen molar-refractivity contribution in [1.82, 2.24) is 0 Å². The van der Waals surface area contributed by atoms with Crippen molar-refractivity contribution in [2.24, 2.45) is 0 Å². The summed E-state index contributed by atoms with van der Waals surface area (Å²) in [5.74, 6) is -0.814. The van der Waals surface area contributed by atoms with E-state index in [1.807, 2.05) is 24.3 Å². The van der Waals surface area contributed by atoms with Crippen LogP contribution in [0.4, 0.5) is 4.79 Å². The van der Waals surface area contributed by atoms with Crippen LogP contribution in [-0.4, -0.2) is 50.3 Å². The number of carbonyl (C=O) groups excluding carboxylic acids is 3. The molecule has 0 aliphatic carbocycles. The van der Waals surface area contributed by atoms with Crippen LogP contribution in [0.25, 0.3) is 10.1 Å². The molecule has 1 aromatic carbocycles. The molecule has 2 amide bonds. The minimum absolute atomic E-state index is 0.225. The third-order valence-corrected chi connectivity index (χ3v) is 7.34. The molecule has 3 rings (SSSR count). The largest absolute Gasteiger partial charge is 0.521 e. The van der Waals surface area contributed by atoms with Crippen molar-refractivity contribution < 1.29 is 28.8 Å². The van der Waals surface area contributed by atoms with Gasteiger partial charge in [0, 0.05) is 40.8 Å². The summed E-state index contributed by atoms with van der Waals surface area (Å²) in [5.41, 5.74) is 0.475. The first-order valence-electron chi connectivity index (χ1n) is 9.09. The molecule has 1 N–H and O–H groups in total. The summed E-state index contributed by atoms with van der Waals surface area (Å²) in [6.45, 7) is 3.32. The van der Waals surface area contributed by atoms with Crippen molar-refractivity contribution in [2.45, 2.75) is 44.4 Å². The second-order valence-corrected chi connectivity index (χ2v) is 9.36. The summed E-state index contributed by atoms with van der Waals surface area (Å²) in [6, 6.07) is 7.12. The van der Waals surface area contributed by atoms with E-state index in [1.54, 1.807) is 12.3 Å². The number of Topliss-reactive ketones (excluding diaryl/α,β-unsaturated/α-hetero) is 1. The highest BCUT2D eigenvalue weighted by molar-refractivity contribution is 8.14. The van der Waals surface area contributed by atoms with E-state index < -0.39 is 21.7 Å². The molecule has 2 heterocycles. The lowest BCUT2D eigenvalue weighted by Crippen LogP contribution is -2.59. The lowest BCUT2D eigenvalue weighted by Gasteiger charge is -2.30. The first-order chi connectivity index (χ1) is 13.3. The number of hydrogen-bond donors (Lipinski definition) is 1. The second kappa shape index (κ2) is 8.14. The number of thiophene rings is 1. The van der Waals surface area contributed by atoms with Gasteiger partial charge in [0.05, 0.1) is 18.2 Å². The van der Waals surface area contributed by atoms with Gasteiger partial charge in [-0.2, -0.15) is 9.28 Å². The summed E-state index contributed by atoms with van der Waals surface area (Å²) in [7, 11) is 0. The number of likely N-dealkylation sites (tertiary alicyclic amines) is 1. The second-order valence-electron chi connectivity index (χ2n) is 7.07. The molecule has 148 valence electrons. The predicted octanol–water partition coefficient (Wildman–Crippen LogP) is 4.33. The van der Waals surface area contributed by atoms with Gasteiger partial charge in [0.15, 0.2) is 10.9 Å². The number of hydrogen-bond acceptors (Lipinski definition) is 6. The zero-order valence-electron chi connectivity index (χ0n) is 15.7. The summed E-state index contributed by atoms with van der Waals surface area (Å²) in [5, 5.41) is 11.1. The standard InChI is InChI=1S/C20H21NO5S2/c1-12-6-5-9-21(12,20(25)26)18(23)10-17(28-13(2)22)19(24)15-11-27-16-8-4-3-7-14(15)16/h3-4,7-8,11-12,17H,5-6,9-10H2,1-2H3/p+1/t12-,17?,21?/m1/s1. The van der Waals surface area contributed by atoms with Crippen molar-refractivity contribution in [3.8, 4) is 0 Å². The first kappa shape index (κ1) is 20.7. The van der Waals surface area contributed by atoms with Gasteiger partial charge in [-0.15, -0.1) is 11.3 Å². The van der Waals surface area contributed by atoms with Crippen LogP contribution >= 0.6 is 23.1 Å². The van der Waals surface area contributed by atoms with E-state index in [9.17, 15) is 24.3 Å². The first-order valence-corrected chi connectivity index (χ1v) is 10.9. The number of nitrogens with zero attached hydrogens (tertiary/aromatic N) is 1. The van der Waals surface area contributed by atoms with Crippen LogP contribution in [0.1, 0.15) is 43.5 Å². The Morgan fingerprint density at radius 1 is 1.29 bits per heavy atom. The molecule has 1 saturated heterocycles. The highest BCUT2D eigenvalue weighted by Gasteiger charge is 2.53. The number of carboxylic acid groups (broad SMARTS) is 1. The molecule has 8 heteroatoms. The Labute approximate surface area is 171 Å². The zero-order valence-corrected chi connectivity index (χ0v) is 17.3. The van der Waals surface area contributed by atoms with E-state index >= 15 is 0 Å². The Kier molecular flexibility index (Phi) is 6.02. The van der Waals surface area contributed by atoms with Gasteiger partial charge in [0.25, 0.3) is 0 Å². The van der Waals surface area contributed by atoms with E-state index in [0.717, 1.165) is 21.8 Å². The van der Waals surface area contributed by atoms with Crippen LogP contribution in [0.2, 0.25) is 0 Å². The molecule has 0 bridgehead atoms.